The number of benzene rings is 1. The number of hydrogen-bond acceptors (Lipinski definition) is 9. The van der Waals surface area contributed by atoms with Gasteiger partial charge >= 0.3 is 6.18 Å². The van der Waals surface area contributed by atoms with Crippen LogP contribution in [-0.2, 0) is 6.18 Å². The fraction of sp³-hybridized carbons (Fsp3) is 0.143. The van der Waals surface area contributed by atoms with Crippen LogP contribution in [0.3, 0.4) is 0 Å². The van der Waals surface area contributed by atoms with E-state index >= 15 is 0 Å². The van der Waals surface area contributed by atoms with Crippen molar-refractivity contribution in [2.75, 3.05) is 5.32 Å². The molecule has 0 aliphatic rings. The normalized spacial score (nSPS) is 12.6. The highest BCUT2D eigenvalue weighted by Gasteiger charge is 2.31. The Labute approximate surface area is 193 Å². The van der Waals surface area contributed by atoms with E-state index in [4.69, 9.17) is 9.05 Å². The van der Waals surface area contributed by atoms with Crippen LogP contribution in [0.15, 0.2) is 58.0 Å². The van der Waals surface area contributed by atoms with Crippen LogP contribution in [-0.4, -0.2) is 36.2 Å². The number of halogens is 3. The number of aromatic amines is 1. The van der Waals surface area contributed by atoms with Crippen molar-refractivity contribution in [1.82, 2.24) is 35.6 Å². The Morgan fingerprint density at radius 1 is 1.09 bits per heavy atom. The van der Waals surface area contributed by atoms with E-state index in [2.05, 4.69) is 40.9 Å². The van der Waals surface area contributed by atoms with E-state index in [1.54, 1.807) is 13.0 Å². The zero-order chi connectivity index (χ0) is 24.6. The van der Waals surface area contributed by atoms with Gasteiger partial charge in [-0.05, 0) is 25.1 Å². The van der Waals surface area contributed by atoms with E-state index in [9.17, 15) is 18.0 Å². The molecule has 0 aliphatic heterocycles. The molecular formula is C21H15F3N8O3. The van der Waals surface area contributed by atoms with Crippen LogP contribution in [0.4, 0.5) is 24.8 Å². The second kappa shape index (κ2) is 8.55. The summed E-state index contributed by atoms with van der Waals surface area (Å²) in [6.07, 6.45) is -1.86. The Hall–Kier alpha value is -4.75. The van der Waals surface area contributed by atoms with E-state index < -0.39 is 23.7 Å². The van der Waals surface area contributed by atoms with E-state index in [1.807, 2.05) is 0 Å². The van der Waals surface area contributed by atoms with Gasteiger partial charge in [-0.25, -0.2) is 15.0 Å². The van der Waals surface area contributed by atoms with Gasteiger partial charge in [0.2, 0.25) is 5.76 Å². The average molecular weight is 484 g/mol. The van der Waals surface area contributed by atoms with Crippen LogP contribution in [0.5, 0.6) is 0 Å². The molecule has 0 spiro atoms. The molecule has 11 nitrogen and oxygen atoms in total. The number of amides is 1. The zero-order valence-electron chi connectivity index (χ0n) is 17.8. The van der Waals surface area contributed by atoms with Crippen molar-refractivity contribution >= 4 is 28.6 Å². The first-order valence-corrected chi connectivity index (χ1v) is 10.1. The van der Waals surface area contributed by atoms with Crippen LogP contribution in [0.1, 0.15) is 34.7 Å². The first-order chi connectivity index (χ1) is 16.8. The van der Waals surface area contributed by atoms with E-state index in [-0.39, 0.29) is 22.8 Å². The Morgan fingerprint density at radius 3 is 2.71 bits per heavy atom. The van der Waals surface area contributed by atoms with Crippen LogP contribution in [0.2, 0.25) is 0 Å². The summed E-state index contributed by atoms with van der Waals surface area (Å²) in [6.45, 7) is 1.68. The number of anilines is 2. The predicted molar refractivity (Wildman–Crippen MR) is 114 cm³/mol. The molecular weight excluding hydrogens is 469 g/mol. The smallest absolute Gasteiger partial charge is 0.363 e. The number of nitrogens with zero attached hydrogens (tertiary/aromatic N) is 5. The maximum absolute atomic E-state index is 13.0. The number of aromatic nitrogens is 6. The third kappa shape index (κ3) is 4.66. The van der Waals surface area contributed by atoms with Crippen molar-refractivity contribution in [3.63, 3.8) is 0 Å². The zero-order valence-corrected chi connectivity index (χ0v) is 17.8. The monoisotopic (exact) mass is 484 g/mol. The number of hydrogen-bond donors (Lipinski definition) is 3. The van der Waals surface area contributed by atoms with E-state index in [0.717, 1.165) is 12.1 Å². The summed E-state index contributed by atoms with van der Waals surface area (Å²) < 4.78 is 48.9. The molecule has 35 heavy (non-hydrogen) atoms. The standard InChI is InChI=1S/C21H15F3N8O3/c1-10(27-20(33)15-8-18(26-9-25-15)30-17-4-5-34-32-17)13-7-16(35-31-13)19-28-12-3-2-11(21(22,23)24)6-14(12)29-19/h2-10H,1H3,(H,27,33)(H,28,29)(H,25,26,30,32). The Kier molecular flexibility index (Phi) is 5.39. The number of carbonyl (C=O) groups excluding carboxylic acids is 1. The lowest BCUT2D eigenvalue weighted by Gasteiger charge is -2.10. The van der Waals surface area contributed by atoms with Crippen LogP contribution in [0.25, 0.3) is 22.6 Å². The average Bonchev–Trinajstić information content (AvgIpc) is 3.58. The summed E-state index contributed by atoms with van der Waals surface area (Å²) in [5.74, 6) is 0.673. The highest BCUT2D eigenvalue weighted by molar-refractivity contribution is 5.93. The molecule has 5 rings (SSSR count). The third-order valence-electron chi connectivity index (χ3n) is 4.96. The quantitative estimate of drug-likeness (QED) is 0.322. The number of H-pyrrole nitrogens is 1. The molecule has 1 aromatic carbocycles. The lowest BCUT2D eigenvalue weighted by molar-refractivity contribution is -0.137. The number of carbonyl (C=O) groups is 1. The Balaban J connectivity index is 1.29. The van der Waals surface area contributed by atoms with Crippen LogP contribution in [0, 0.1) is 0 Å². The molecule has 4 aromatic heterocycles. The molecule has 0 saturated heterocycles. The summed E-state index contributed by atoms with van der Waals surface area (Å²) in [7, 11) is 0. The van der Waals surface area contributed by atoms with Gasteiger partial charge in [-0.15, -0.1) is 0 Å². The number of alkyl halides is 3. The van der Waals surface area contributed by atoms with Gasteiger partial charge in [-0.1, -0.05) is 10.3 Å². The van der Waals surface area contributed by atoms with Crippen LogP contribution >= 0.6 is 0 Å². The van der Waals surface area contributed by atoms with Gasteiger partial charge in [-0.2, -0.15) is 13.2 Å². The van der Waals surface area contributed by atoms with Crippen LogP contribution < -0.4 is 10.6 Å². The molecule has 1 amide bonds. The van der Waals surface area contributed by atoms with Gasteiger partial charge in [-0.3, -0.25) is 4.79 Å². The molecule has 1 atom stereocenters. The van der Waals surface area contributed by atoms with Crippen molar-refractivity contribution in [2.24, 2.45) is 0 Å². The second-order valence-corrected chi connectivity index (χ2v) is 7.42. The maximum atomic E-state index is 13.0. The Morgan fingerprint density at radius 2 is 1.94 bits per heavy atom. The first kappa shape index (κ1) is 22.1. The summed E-state index contributed by atoms with van der Waals surface area (Å²) in [6, 6.07) is 7.17. The molecule has 4 heterocycles. The topological polar surface area (TPSA) is 148 Å². The van der Waals surface area contributed by atoms with Gasteiger partial charge in [0, 0.05) is 18.2 Å². The molecule has 3 N–H and O–H groups in total. The minimum Gasteiger partial charge on any atom is -0.363 e. The Bertz CT molecular complexity index is 1490. The molecule has 0 saturated carbocycles. The van der Waals surface area contributed by atoms with Gasteiger partial charge in [0.15, 0.2) is 11.6 Å². The third-order valence-corrected chi connectivity index (χ3v) is 4.96. The lowest BCUT2D eigenvalue weighted by Crippen LogP contribution is -2.27. The van der Waals surface area contributed by atoms with Crippen molar-refractivity contribution in [3.05, 3.63) is 65.9 Å². The van der Waals surface area contributed by atoms with Gasteiger partial charge in [0.1, 0.15) is 29.8 Å². The number of fused-ring (bicyclic) bond motifs is 1. The largest absolute Gasteiger partial charge is 0.416 e. The number of nitrogens with one attached hydrogen (secondary N) is 3. The van der Waals surface area contributed by atoms with Crippen molar-refractivity contribution in [1.29, 1.82) is 0 Å². The lowest BCUT2D eigenvalue weighted by atomic mass is 10.2. The summed E-state index contributed by atoms with van der Waals surface area (Å²) in [5, 5.41) is 13.3. The predicted octanol–water partition coefficient (Wildman–Crippen LogP) is 4.25. The van der Waals surface area contributed by atoms with Crippen molar-refractivity contribution in [3.8, 4) is 11.6 Å². The van der Waals surface area contributed by atoms with Gasteiger partial charge < -0.3 is 24.7 Å². The highest BCUT2D eigenvalue weighted by Crippen LogP contribution is 2.32. The fourth-order valence-electron chi connectivity index (χ4n) is 3.21. The summed E-state index contributed by atoms with van der Waals surface area (Å²) >= 11 is 0. The van der Waals surface area contributed by atoms with E-state index in [1.165, 1.54) is 30.8 Å². The maximum Gasteiger partial charge on any atom is 0.416 e. The minimum atomic E-state index is -4.47. The van der Waals surface area contributed by atoms with Crippen molar-refractivity contribution < 1.29 is 27.0 Å². The molecule has 178 valence electrons. The first-order valence-electron chi connectivity index (χ1n) is 10.1. The minimum absolute atomic E-state index is 0.0966. The SMILES string of the molecule is CC(NC(=O)c1cc(Nc2ccon2)ncn1)c1cc(-c2nc3ccc(C(F)(F)F)cc3[nH]2)on1. The molecule has 1 unspecified atom stereocenters. The number of rotatable bonds is 6. The summed E-state index contributed by atoms with van der Waals surface area (Å²) in [4.78, 5) is 27.7. The highest BCUT2D eigenvalue weighted by atomic mass is 19.4. The molecule has 0 aliphatic carbocycles. The molecule has 5 aromatic rings. The number of imidazole rings is 1. The molecule has 0 fully saturated rings. The second-order valence-electron chi connectivity index (χ2n) is 7.42. The summed E-state index contributed by atoms with van der Waals surface area (Å²) in [5.41, 5.74) is 0.219. The fourth-order valence-corrected chi connectivity index (χ4v) is 3.21. The molecule has 14 heteroatoms. The molecule has 0 radical (unpaired) electrons. The van der Waals surface area contributed by atoms with Gasteiger partial charge in [0.05, 0.1) is 22.6 Å². The van der Waals surface area contributed by atoms with E-state index in [0.29, 0.717) is 22.8 Å². The van der Waals surface area contributed by atoms with Gasteiger partial charge in [0.25, 0.3) is 5.91 Å². The molecule has 0 bridgehead atoms. The van der Waals surface area contributed by atoms with Crippen molar-refractivity contribution in [2.45, 2.75) is 19.1 Å².